The van der Waals surface area contributed by atoms with E-state index in [0.29, 0.717) is 17.1 Å². The van der Waals surface area contributed by atoms with Crippen molar-refractivity contribution in [2.75, 3.05) is 11.9 Å². The van der Waals surface area contributed by atoms with Crippen LogP contribution < -0.4 is 5.32 Å². The van der Waals surface area contributed by atoms with Crippen molar-refractivity contribution in [3.05, 3.63) is 28.8 Å². The predicted molar refractivity (Wildman–Crippen MR) is 67.8 cm³/mol. The molecule has 0 spiro atoms. The largest absolute Gasteiger partial charge is 0.478 e. The van der Waals surface area contributed by atoms with Gasteiger partial charge in [-0.05, 0) is 31.0 Å². The molecule has 4 nitrogen and oxygen atoms in total. The molecule has 0 aliphatic rings. The molecular formula is C12H16ClNO3. The second kappa shape index (κ2) is 6.47. The fourth-order valence-corrected chi connectivity index (χ4v) is 1.75. The third-order valence-electron chi connectivity index (χ3n) is 2.54. The van der Waals surface area contributed by atoms with Gasteiger partial charge in [0.1, 0.15) is 0 Å². The molecule has 0 fully saturated rings. The van der Waals surface area contributed by atoms with Gasteiger partial charge in [0.2, 0.25) is 0 Å². The van der Waals surface area contributed by atoms with E-state index in [9.17, 15) is 4.79 Å². The molecule has 0 bridgehead atoms. The van der Waals surface area contributed by atoms with Crippen molar-refractivity contribution in [2.24, 2.45) is 0 Å². The average Bonchev–Trinajstić information content (AvgIpc) is 2.28. The van der Waals surface area contributed by atoms with Gasteiger partial charge in [0.25, 0.3) is 0 Å². The van der Waals surface area contributed by atoms with Crippen LogP contribution >= 0.6 is 11.6 Å². The van der Waals surface area contributed by atoms with Crippen molar-refractivity contribution in [3.8, 4) is 0 Å². The maximum absolute atomic E-state index is 11.0. The summed E-state index contributed by atoms with van der Waals surface area (Å²) in [6.45, 7) is 2.03. The molecule has 1 unspecified atom stereocenters. The summed E-state index contributed by atoms with van der Waals surface area (Å²) < 4.78 is 0. The highest BCUT2D eigenvalue weighted by Gasteiger charge is 2.13. The molecule has 3 N–H and O–H groups in total. The Morgan fingerprint density at radius 3 is 2.76 bits per heavy atom. The lowest BCUT2D eigenvalue weighted by molar-refractivity contribution is 0.0698. The highest BCUT2D eigenvalue weighted by atomic mass is 35.5. The van der Waals surface area contributed by atoms with Crippen LogP contribution in [-0.2, 0) is 0 Å². The van der Waals surface area contributed by atoms with Crippen LogP contribution in [0.25, 0.3) is 0 Å². The van der Waals surface area contributed by atoms with E-state index in [1.165, 1.54) is 6.07 Å². The molecule has 1 rings (SSSR count). The van der Waals surface area contributed by atoms with Gasteiger partial charge in [-0.3, -0.25) is 0 Å². The molecule has 0 saturated heterocycles. The minimum absolute atomic E-state index is 0.0385. The second-order valence-electron chi connectivity index (χ2n) is 3.76. The number of nitrogens with one attached hydrogen (secondary N) is 1. The van der Waals surface area contributed by atoms with Crippen molar-refractivity contribution in [3.63, 3.8) is 0 Å². The lowest BCUT2D eigenvalue weighted by Gasteiger charge is -2.18. The quantitative estimate of drug-likeness (QED) is 0.733. The number of carboxylic acids is 1. The SMILES string of the molecule is CCC(CCO)Nc1cc(Cl)ccc1C(=O)O. The number of hydrogen-bond donors (Lipinski definition) is 3. The first kappa shape index (κ1) is 13.8. The number of carbonyl (C=O) groups is 1. The lowest BCUT2D eigenvalue weighted by atomic mass is 10.1. The highest BCUT2D eigenvalue weighted by molar-refractivity contribution is 6.31. The number of carboxylic acid groups (broad SMARTS) is 1. The zero-order valence-corrected chi connectivity index (χ0v) is 10.4. The van der Waals surface area contributed by atoms with Gasteiger partial charge < -0.3 is 15.5 Å². The van der Waals surface area contributed by atoms with Gasteiger partial charge in [-0.25, -0.2) is 4.79 Å². The molecule has 0 aliphatic heterocycles. The van der Waals surface area contributed by atoms with Gasteiger partial charge in [0.05, 0.1) is 11.3 Å². The van der Waals surface area contributed by atoms with E-state index in [2.05, 4.69) is 5.32 Å². The molecule has 1 atom stereocenters. The van der Waals surface area contributed by atoms with Crippen LogP contribution in [0.15, 0.2) is 18.2 Å². The minimum Gasteiger partial charge on any atom is -0.478 e. The number of aliphatic hydroxyl groups excluding tert-OH is 1. The number of benzene rings is 1. The Balaban J connectivity index is 2.94. The summed E-state index contributed by atoms with van der Waals surface area (Å²) in [4.78, 5) is 11.0. The van der Waals surface area contributed by atoms with E-state index in [-0.39, 0.29) is 18.2 Å². The molecule has 1 aromatic carbocycles. The smallest absolute Gasteiger partial charge is 0.337 e. The number of hydrogen-bond acceptors (Lipinski definition) is 3. The van der Waals surface area contributed by atoms with Gasteiger partial charge in [-0.1, -0.05) is 18.5 Å². The molecule has 0 aliphatic carbocycles. The molecule has 0 amide bonds. The van der Waals surface area contributed by atoms with Crippen molar-refractivity contribution in [1.29, 1.82) is 0 Å². The summed E-state index contributed by atoms with van der Waals surface area (Å²) in [5.74, 6) is -0.997. The Morgan fingerprint density at radius 1 is 1.53 bits per heavy atom. The first-order valence-corrected chi connectivity index (χ1v) is 5.86. The van der Waals surface area contributed by atoms with E-state index in [0.717, 1.165) is 6.42 Å². The van der Waals surface area contributed by atoms with Crippen LogP contribution in [-0.4, -0.2) is 28.8 Å². The third-order valence-corrected chi connectivity index (χ3v) is 2.78. The maximum atomic E-state index is 11.0. The summed E-state index contributed by atoms with van der Waals surface area (Å²) in [5, 5.41) is 21.5. The molecule has 17 heavy (non-hydrogen) atoms. The molecule has 0 radical (unpaired) electrons. The van der Waals surface area contributed by atoms with Crippen LogP contribution in [0.5, 0.6) is 0 Å². The summed E-state index contributed by atoms with van der Waals surface area (Å²) in [6.07, 6.45) is 1.37. The van der Waals surface area contributed by atoms with E-state index in [1.54, 1.807) is 12.1 Å². The molecule has 1 aromatic rings. The number of aliphatic hydroxyl groups is 1. The summed E-state index contributed by atoms with van der Waals surface area (Å²) in [6, 6.07) is 4.64. The van der Waals surface area contributed by atoms with Crippen LogP contribution in [0.2, 0.25) is 5.02 Å². The van der Waals surface area contributed by atoms with Crippen LogP contribution in [0.3, 0.4) is 0 Å². The van der Waals surface area contributed by atoms with E-state index < -0.39 is 5.97 Å². The number of aromatic carboxylic acids is 1. The predicted octanol–water partition coefficient (Wildman–Crippen LogP) is 2.61. The second-order valence-corrected chi connectivity index (χ2v) is 4.19. The lowest BCUT2D eigenvalue weighted by Crippen LogP contribution is -2.21. The normalized spacial score (nSPS) is 12.2. The van der Waals surface area contributed by atoms with Crippen LogP contribution in [0, 0.1) is 0 Å². The molecule has 5 heteroatoms. The third kappa shape index (κ3) is 3.91. The zero-order chi connectivity index (χ0) is 12.8. The van der Waals surface area contributed by atoms with Gasteiger partial charge in [0.15, 0.2) is 0 Å². The number of halogens is 1. The first-order valence-electron chi connectivity index (χ1n) is 5.48. The molecular weight excluding hydrogens is 242 g/mol. The van der Waals surface area contributed by atoms with E-state index >= 15 is 0 Å². The highest BCUT2D eigenvalue weighted by Crippen LogP contribution is 2.22. The first-order chi connectivity index (χ1) is 8.08. The standard InChI is InChI=1S/C12H16ClNO3/c1-2-9(5-6-15)14-11-7-8(13)3-4-10(11)12(16)17/h3-4,7,9,14-15H,2,5-6H2,1H3,(H,16,17). The molecule has 0 heterocycles. The molecule has 0 saturated carbocycles. The van der Waals surface area contributed by atoms with Gasteiger partial charge >= 0.3 is 5.97 Å². The van der Waals surface area contributed by atoms with E-state index in [4.69, 9.17) is 21.8 Å². The zero-order valence-electron chi connectivity index (χ0n) is 9.61. The Kier molecular flexibility index (Phi) is 5.25. The Morgan fingerprint density at radius 2 is 2.24 bits per heavy atom. The minimum atomic E-state index is -0.997. The topological polar surface area (TPSA) is 69.6 Å². The summed E-state index contributed by atoms with van der Waals surface area (Å²) in [5.41, 5.74) is 0.677. The van der Waals surface area contributed by atoms with Crippen molar-refractivity contribution in [1.82, 2.24) is 0 Å². The molecule has 0 aromatic heterocycles. The molecule has 94 valence electrons. The monoisotopic (exact) mass is 257 g/mol. The van der Waals surface area contributed by atoms with Crippen LogP contribution in [0.4, 0.5) is 5.69 Å². The fourth-order valence-electron chi connectivity index (χ4n) is 1.58. The van der Waals surface area contributed by atoms with E-state index in [1.807, 2.05) is 6.92 Å². The summed E-state index contributed by atoms with van der Waals surface area (Å²) in [7, 11) is 0. The summed E-state index contributed by atoms with van der Waals surface area (Å²) >= 11 is 5.84. The number of anilines is 1. The van der Waals surface area contributed by atoms with Crippen LogP contribution in [0.1, 0.15) is 30.1 Å². The van der Waals surface area contributed by atoms with Gasteiger partial charge in [-0.15, -0.1) is 0 Å². The van der Waals surface area contributed by atoms with Gasteiger partial charge in [-0.2, -0.15) is 0 Å². The Labute approximate surface area is 105 Å². The average molecular weight is 258 g/mol. The Bertz CT molecular complexity index is 395. The number of rotatable bonds is 6. The Hall–Kier alpha value is -1.26. The van der Waals surface area contributed by atoms with Crippen molar-refractivity contribution < 1.29 is 15.0 Å². The maximum Gasteiger partial charge on any atom is 0.337 e. The van der Waals surface area contributed by atoms with Crippen molar-refractivity contribution in [2.45, 2.75) is 25.8 Å². The fraction of sp³-hybridized carbons (Fsp3) is 0.417. The van der Waals surface area contributed by atoms with Crippen molar-refractivity contribution >= 4 is 23.3 Å². The van der Waals surface area contributed by atoms with Gasteiger partial charge in [0, 0.05) is 17.7 Å².